The topological polar surface area (TPSA) is 49.3 Å². The van der Waals surface area contributed by atoms with E-state index in [1.54, 1.807) is 0 Å². The average molecular weight is 205 g/mol. The van der Waals surface area contributed by atoms with Crippen molar-refractivity contribution < 1.29 is 9.90 Å². The van der Waals surface area contributed by atoms with E-state index in [-0.39, 0.29) is 0 Å². The van der Waals surface area contributed by atoms with Crippen LogP contribution in [0.15, 0.2) is 0 Å². The van der Waals surface area contributed by atoms with E-state index in [2.05, 4.69) is 24.6 Å². The van der Waals surface area contributed by atoms with Crippen molar-refractivity contribution in [3.05, 3.63) is 0 Å². The predicted molar refractivity (Wildman–Crippen MR) is 56.9 cm³/mol. The SMILES string of the molecule is C[Si](C)(C)NC[Si](C)(C)C(=O)O. The minimum atomic E-state index is -2.05. The smallest absolute Gasteiger partial charge is 0.270 e. The van der Waals surface area contributed by atoms with Crippen LogP contribution < -0.4 is 4.98 Å². The van der Waals surface area contributed by atoms with Crippen molar-refractivity contribution in [3.8, 4) is 0 Å². The van der Waals surface area contributed by atoms with Gasteiger partial charge >= 0.3 is 0 Å². The molecule has 72 valence electrons. The summed E-state index contributed by atoms with van der Waals surface area (Å²) in [5.74, 6) is 0. The fourth-order valence-corrected chi connectivity index (χ4v) is 4.60. The lowest BCUT2D eigenvalue weighted by Crippen LogP contribution is -2.54. The van der Waals surface area contributed by atoms with Crippen LogP contribution in [0.4, 0.5) is 4.79 Å². The van der Waals surface area contributed by atoms with Crippen LogP contribution in [-0.2, 0) is 0 Å². The Labute approximate surface area is 76.3 Å². The molecule has 0 spiro atoms. The third kappa shape index (κ3) is 4.68. The Morgan fingerprint density at radius 3 is 1.92 bits per heavy atom. The van der Waals surface area contributed by atoms with E-state index in [4.69, 9.17) is 5.11 Å². The molecule has 0 atom stereocenters. The normalized spacial score (nSPS) is 13.1. The first-order chi connectivity index (χ1) is 5.15. The number of hydrogen-bond acceptors (Lipinski definition) is 2. The summed E-state index contributed by atoms with van der Waals surface area (Å²) in [5, 5.41) is 8.88. The van der Waals surface area contributed by atoms with Crippen molar-refractivity contribution in [2.24, 2.45) is 0 Å². The fraction of sp³-hybridized carbons (Fsp3) is 0.857. The molecule has 0 aliphatic rings. The van der Waals surface area contributed by atoms with Crippen LogP contribution in [0.25, 0.3) is 0 Å². The Hall–Kier alpha value is -0.136. The molecule has 0 saturated heterocycles. The second-order valence-corrected chi connectivity index (χ2v) is 14.2. The van der Waals surface area contributed by atoms with E-state index in [0.717, 1.165) is 0 Å². The van der Waals surface area contributed by atoms with Gasteiger partial charge in [0.1, 0.15) is 8.24 Å². The molecule has 0 radical (unpaired) electrons. The summed E-state index contributed by atoms with van der Waals surface area (Å²) in [6.07, 6.45) is 0.693. The number of carbonyl (C=O) groups is 1. The lowest BCUT2D eigenvalue weighted by Gasteiger charge is -2.24. The van der Waals surface area contributed by atoms with E-state index in [9.17, 15) is 4.79 Å². The Kier molecular flexibility index (Phi) is 3.67. The first kappa shape index (κ1) is 11.9. The van der Waals surface area contributed by atoms with Crippen LogP contribution in [-0.4, -0.2) is 33.2 Å². The van der Waals surface area contributed by atoms with Gasteiger partial charge in [-0.05, 0) is 6.17 Å². The van der Waals surface area contributed by atoms with Gasteiger partial charge in [-0.3, -0.25) is 4.79 Å². The highest BCUT2D eigenvalue weighted by molar-refractivity contribution is 7.03. The number of carboxylic acid groups (broad SMARTS) is 1. The third-order valence-electron chi connectivity index (χ3n) is 1.64. The van der Waals surface area contributed by atoms with E-state index in [1.807, 2.05) is 13.1 Å². The molecular weight excluding hydrogens is 186 g/mol. The molecule has 0 unspecified atom stereocenters. The van der Waals surface area contributed by atoms with Crippen LogP contribution in [0, 0.1) is 0 Å². The molecule has 3 nitrogen and oxygen atoms in total. The van der Waals surface area contributed by atoms with Gasteiger partial charge in [-0.1, -0.05) is 32.7 Å². The van der Waals surface area contributed by atoms with Gasteiger partial charge in [-0.15, -0.1) is 0 Å². The van der Waals surface area contributed by atoms with Crippen LogP contribution >= 0.6 is 0 Å². The molecule has 2 N–H and O–H groups in total. The van der Waals surface area contributed by atoms with Gasteiger partial charge in [-0.2, -0.15) is 0 Å². The number of hydrogen-bond donors (Lipinski definition) is 2. The molecule has 0 fully saturated rings. The molecule has 0 aliphatic heterocycles. The summed E-state index contributed by atoms with van der Waals surface area (Å²) >= 11 is 0. The molecule has 0 aromatic carbocycles. The quantitative estimate of drug-likeness (QED) is 0.689. The first-order valence-corrected chi connectivity index (χ1v) is 10.8. The van der Waals surface area contributed by atoms with Gasteiger partial charge in [0.2, 0.25) is 0 Å². The molecule has 0 aromatic rings. The number of rotatable bonds is 4. The highest BCUT2D eigenvalue weighted by atomic mass is 28.3. The zero-order valence-corrected chi connectivity index (χ0v) is 10.6. The molecule has 5 heteroatoms. The second-order valence-electron chi connectivity index (χ2n) is 4.79. The maximum atomic E-state index is 10.8. The van der Waals surface area contributed by atoms with Crippen LogP contribution in [0.3, 0.4) is 0 Å². The van der Waals surface area contributed by atoms with Crippen molar-refractivity contribution in [1.29, 1.82) is 0 Å². The lowest BCUT2D eigenvalue weighted by molar-refractivity contribution is 0.218. The van der Waals surface area contributed by atoms with Gasteiger partial charge in [-0.25, -0.2) is 0 Å². The first-order valence-electron chi connectivity index (χ1n) is 4.13. The zero-order chi connectivity index (χ0) is 9.99. The van der Waals surface area contributed by atoms with E-state index in [1.165, 1.54) is 0 Å². The van der Waals surface area contributed by atoms with Crippen molar-refractivity contribution >= 4 is 21.9 Å². The van der Waals surface area contributed by atoms with Crippen LogP contribution in [0.1, 0.15) is 0 Å². The van der Waals surface area contributed by atoms with E-state index < -0.39 is 21.9 Å². The predicted octanol–water partition coefficient (Wildman–Crippen LogP) is 1.92. The third-order valence-corrected chi connectivity index (χ3v) is 5.45. The van der Waals surface area contributed by atoms with Gasteiger partial charge in [0.15, 0.2) is 8.07 Å². The maximum Gasteiger partial charge on any atom is 0.270 e. The number of nitrogens with one attached hydrogen (secondary N) is 1. The summed E-state index contributed by atoms with van der Waals surface area (Å²) in [7, 11) is -3.34. The van der Waals surface area contributed by atoms with Crippen LogP contribution in [0.5, 0.6) is 0 Å². The highest BCUT2D eigenvalue weighted by Crippen LogP contribution is 2.03. The van der Waals surface area contributed by atoms with Crippen molar-refractivity contribution in [1.82, 2.24) is 4.98 Å². The Balaban J connectivity index is 4.01. The monoisotopic (exact) mass is 205 g/mol. The highest BCUT2D eigenvalue weighted by Gasteiger charge is 2.31. The largest absolute Gasteiger partial charge is 0.486 e. The molecular formula is C7H19NO2Si2. The summed E-state index contributed by atoms with van der Waals surface area (Å²) in [6, 6.07) is 0. The second kappa shape index (κ2) is 3.72. The van der Waals surface area contributed by atoms with Crippen molar-refractivity contribution in [2.75, 3.05) is 6.17 Å². The van der Waals surface area contributed by atoms with Crippen molar-refractivity contribution in [3.63, 3.8) is 0 Å². The Morgan fingerprint density at radius 1 is 1.25 bits per heavy atom. The molecule has 0 bridgehead atoms. The lowest BCUT2D eigenvalue weighted by atomic mass is 11.5. The molecule has 0 aliphatic carbocycles. The molecule has 0 heterocycles. The summed E-state index contributed by atoms with van der Waals surface area (Å²) < 4.78 is 0. The average Bonchev–Trinajstić information content (AvgIpc) is 1.82. The fourth-order valence-electron chi connectivity index (χ4n) is 0.562. The van der Waals surface area contributed by atoms with Gasteiger partial charge in [0.05, 0.1) is 0 Å². The molecule has 0 amide bonds. The van der Waals surface area contributed by atoms with Crippen LogP contribution in [0.2, 0.25) is 32.7 Å². The molecule has 0 saturated carbocycles. The van der Waals surface area contributed by atoms with Gasteiger partial charge in [0.25, 0.3) is 5.59 Å². The molecule has 12 heavy (non-hydrogen) atoms. The van der Waals surface area contributed by atoms with Gasteiger partial charge in [0, 0.05) is 0 Å². The maximum absolute atomic E-state index is 10.8. The Bertz CT molecular complexity index is 175. The molecule has 0 aromatic heterocycles. The zero-order valence-electron chi connectivity index (χ0n) is 8.56. The van der Waals surface area contributed by atoms with E-state index in [0.29, 0.717) is 6.17 Å². The van der Waals surface area contributed by atoms with E-state index >= 15 is 0 Å². The standard InChI is InChI=1S/C7H19NO2Si2/c1-11(2,3)8-6-12(4,5)7(9)10/h8H,6H2,1-5H3,(H,9,10). The Morgan fingerprint density at radius 2 is 1.67 bits per heavy atom. The van der Waals surface area contributed by atoms with Gasteiger partial charge < -0.3 is 10.1 Å². The van der Waals surface area contributed by atoms with Crippen molar-refractivity contribution in [2.45, 2.75) is 32.7 Å². The summed E-state index contributed by atoms with van der Waals surface area (Å²) in [5.41, 5.74) is -0.603. The molecule has 0 rings (SSSR count). The minimum Gasteiger partial charge on any atom is -0.486 e. The summed E-state index contributed by atoms with van der Waals surface area (Å²) in [4.78, 5) is 14.1. The minimum absolute atomic E-state index is 0.603. The summed E-state index contributed by atoms with van der Waals surface area (Å²) in [6.45, 7) is 10.3.